The van der Waals surface area contributed by atoms with Crippen LogP contribution in [0.3, 0.4) is 0 Å². The van der Waals surface area contributed by atoms with Crippen LogP contribution in [0.2, 0.25) is 0 Å². The van der Waals surface area contributed by atoms with Gasteiger partial charge in [-0.2, -0.15) is 4.31 Å². The zero-order valence-corrected chi connectivity index (χ0v) is 18.6. The van der Waals surface area contributed by atoms with Gasteiger partial charge in [-0.1, -0.05) is 6.07 Å². The van der Waals surface area contributed by atoms with Crippen LogP contribution >= 0.6 is 0 Å². The summed E-state index contributed by atoms with van der Waals surface area (Å²) in [5, 5.41) is 0. The average molecular weight is 439 g/mol. The molecule has 2 aliphatic heterocycles. The fourth-order valence-electron chi connectivity index (χ4n) is 4.06. The van der Waals surface area contributed by atoms with Crippen molar-refractivity contribution in [1.29, 1.82) is 0 Å². The Morgan fingerprint density at radius 1 is 1.17 bits per heavy atom. The average Bonchev–Trinajstić information content (AvgIpc) is 2.73. The summed E-state index contributed by atoms with van der Waals surface area (Å²) in [5.41, 5.74) is 0.301. The second kappa shape index (κ2) is 9.45. The second-order valence-corrected chi connectivity index (χ2v) is 9.89. The highest BCUT2D eigenvalue weighted by Gasteiger charge is 2.33. The lowest BCUT2D eigenvalue weighted by Crippen LogP contribution is -2.48. The van der Waals surface area contributed by atoms with Gasteiger partial charge < -0.3 is 14.4 Å². The monoisotopic (exact) mass is 438 g/mol. The minimum absolute atomic E-state index is 0.0913. The topological polar surface area (TPSA) is 93.2 Å². The molecule has 2 fully saturated rings. The molecule has 9 heteroatoms. The minimum atomic E-state index is -3.74. The van der Waals surface area contributed by atoms with E-state index in [9.17, 15) is 18.0 Å². The number of hydrogen-bond donors (Lipinski definition) is 0. The summed E-state index contributed by atoms with van der Waals surface area (Å²) in [6.45, 7) is 7.12. The van der Waals surface area contributed by atoms with Gasteiger partial charge in [-0.3, -0.25) is 9.59 Å². The van der Waals surface area contributed by atoms with E-state index < -0.39 is 10.0 Å². The van der Waals surface area contributed by atoms with Gasteiger partial charge in [0.15, 0.2) is 0 Å². The standard InChI is InChI=1S/C21H30N2O6S/c1-4-28-21(25)18-8-6-10-22(14-18)20(24)17-7-5-9-19(11-17)30(26,27)23-12-15(2)29-16(3)13-23/h5,7,9,11,15-16,18H,4,6,8,10,12-14H2,1-3H3/t15-,16-,18+/m0/s1. The van der Waals surface area contributed by atoms with Gasteiger partial charge in [-0.15, -0.1) is 0 Å². The number of ether oxygens (including phenoxy) is 2. The minimum Gasteiger partial charge on any atom is -0.466 e. The first-order valence-corrected chi connectivity index (χ1v) is 11.9. The van der Waals surface area contributed by atoms with E-state index in [0.29, 0.717) is 31.6 Å². The number of carbonyl (C=O) groups is 2. The fourth-order valence-corrected chi connectivity index (χ4v) is 5.70. The number of nitrogens with zero attached hydrogens (tertiary/aromatic N) is 2. The van der Waals surface area contributed by atoms with Crippen LogP contribution in [0.15, 0.2) is 29.2 Å². The van der Waals surface area contributed by atoms with Crippen molar-refractivity contribution in [2.24, 2.45) is 5.92 Å². The van der Waals surface area contributed by atoms with E-state index in [1.165, 1.54) is 16.4 Å². The molecule has 0 aliphatic carbocycles. The van der Waals surface area contributed by atoms with Crippen molar-refractivity contribution in [2.75, 3.05) is 32.8 Å². The Balaban J connectivity index is 1.77. The first-order valence-electron chi connectivity index (χ1n) is 10.4. The van der Waals surface area contributed by atoms with E-state index in [1.807, 2.05) is 13.8 Å². The molecule has 2 aliphatic rings. The van der Waals surface area contributed by atoms with Gasteiger partial charge in [0, 0.05) is 31.7 Å². The Bertz CT molecular complexity index is 877. The summed E-state index contributed by atoms with van der Waals surface area (Å²) >= 11 is 0. The van der Waals surface area contributed by atoms with Crippen molar-refractivity contribution in [2.45, 2.75) is 50.7 Å². The Kier molecular flexibility index (Phi) is 7.15. The number of benzene rings is 1. The molecule has 0 spiro atoms. The van der Waals surface area contributed by atoms with Crippen molar-refractivity contribution in [1.82, 2.24) is 9.21 Å². The number of amides is 1. The SMILES string of the molecule is CCOC(=O)[C@@H]1CCCN(C(=O)c2cccc(S(=O)(=O)N3C[C@H](C)O[C@@H](C)C3)c2)C1. The number of carbonyl (C=O) groups excluding carboxylic acids is 2. The normalized spacial score (nSPS) is 25.7. The van der Waals surface area contributed by atoms with Crippen molar-refractivity contribution in [3.05, 3.63) is 29.8 Å². The molecule has 1 aromatic rings. The lowest BCUT2D eigenvalue weighted by molar-refractivity contribution is -0.149. The molecule has 3 atom stereocenters. The highest BCUT2D eigenvalue weighted by molar-refractivity contribution is 7.89. The number of esters is 1. The molecule has 0 unspecified atom stereocenters. The van der Waals surface area contributed by atoms with Gasteiger partial charge in [0.2, 0.25) is 10.0 Å². The molecule has 1 amide bonds. The molecule has 166 valence electrons. The third kappa shape index (κ3) is 5.01. The molecule has 0 bridgehead atoms. The van der Waals surface area contributed by atoms with Crippen LogP contribution < -0.4 is 0 Å². The van der Waals surface area contributed by atoms with E-state index in [-0.39, 0.29) is 54.5 Å². The number of sulfonamides is 1. The molecule has 2 heterocycles. The third-order valence-corrected chi connectivity index (χ3v) is 7.26. The van der Waals surface area contributed by atoms with E-state index >= 15 is 0 Å². The van der Waals surface area contributed by atoms with Crippen LogP contribution in [-0.2, 0) is 24.3 Å². The molecular formula is C21H30N2O6S. The first kappa shape index (κ1) is 22.7. The van der Waals surface area contributed by atoms with Crippen molar-refractivity contribution in [3.63, 3.8) is 0 Å². The van der Waals surface area contributed by atoms with Crippen LogP contribution in [0.4, 0.5) is 0 Å². The lowest BCUT2D eigenvalue weighted by Gasteiger charge is -2.34. The van der Waals surface area contributed by atoms with Crippen LogP contribution in [0.5, 0.6) is 0 Å². The van der Waals surface area contributed by atoms with E-state index in [0.717, 1.165) is 0 Å². The van der Waals surface area contributed by atoms with Crippen LogP contribution in [-0.4, -0.2) is 74.5 Å². The maximum absolute atomic E-state index is 13.1. The summed E-state index contributed by atoms with van der Waals surface area (Å²) in [6.07, 6.45) is 1.00. The quantitative estimate of drug-likeness (QED) is 0.652. The first-order chi connectivity index (χ1) is 14.2. The van der Waals surface area contributed by atoms with Gasteiger partial charge in [-0.05, 0) is 51.8 Å². The summed E-state index contributed by atoms with van der Waals surface area (Å²) in [4.78, 5) is 26.8. The lowest BCUT2D eigenvalue weighted by atomic mass is 9.97. The van der Waals surface area contributed by atoms with Gasteiger partial charge >= 0.3 is 5.97 Å². The maximum atomic E-state index is 13.1. The number of hydrogen-bond acceptors (Lipinski definition) is 6. The van der Waals surface area contributed by atoms with Gasteiger partial charge in [0.05, 0.1) is 29.6 Å². The number of rotatable bonds is 5. The van der Waals surface area contributed by atoms with Crippen LogP contribution in [0, 0.1) is 5.92 Å². The van der Waals surface area contributed by atoms with Crippen molar-refractivity contribution < 1.29 is 27.5 Å². The molecule has 0 N–H and O–H groups in total. The summed E-state index contributed by atoms with van der Waals surface area (Å²) < 4.78 is 38.4. The van der Waals surface area contributed by atoms with E-state index in [1.54, 1.807) is 24.0 Å². The van der Waals surface area contributed by atoms with Crippen molar-refractivity contribution in [3.8, 4) is 0 Å². The molecule has 30 heavy (non-hydrogen) atoms. The third-order valence-electron chi connectivity index (χ3n) is 5.43. The summed E-state index contributed by atoms with van der Waals surface area (Å²) in [5.74, 6) is -0.905. The predicted molar refractivity (Wildman–Crippen MR) is 110 cm³/mol. The summed E-state index contributed by atoms with van der Waals surface area (Å²) in [6, 6.07) is 6.13. The number of piperidine rings is 1. The zero-order chi connectivity index (χ0) is 21.9. The van der Waals surface area contributed by atoms with Gasteiger partial charge in [0.25, 0.3) is 5.91 Å². The Morgan fingerprint density at radius 3 is 2.53 bits per heavy atom. The van der Waals surface area contributed by atoms with Crippen LogP contribution in [0.1, 0.15) is 44.0 Å². The number of likely N-dealkylation sites (tertiary alicyclic amines) is 1. The Morgan fingerprint density at radius 2 is 1.87 bits per heavy atom. The Labute approximate surface area is 178 Å². The number of morpholine rings is 1. The molecular weight excluding hydrogens is 408 g/mol. The van der Waals surface area contributed by atoms with Gasteiger partial charge in [0.1, 0.15) is 0 Å². The Hall–Kier alpha value is -1.97. The zero-order valence-electron chi connectivity index (χ0n) is 17.7. The van der Waals surface area contributed by atoms with Crippen LogP contribution in [0.25, 0.3) is 0 Å². The van der Waals surface area contributed by atoms with Gasteiger partial charge in [-0.25, -0.2) is 8.42 Å². The molecule has 8 nitrogen and oxygen atoms in total. The molecule has 3 rings (SSSR count). The molecule has 0 aromatic heterocycles. The van der Waals surface area contributed by atoms with E-state index in [2.05, 4.69) is 0 Å². The maximum Gasteiger partial charge on any atom is 0.310 e. The van der Waals surface area contributed by atoms with E-state index in [4.69, 9.17) is 9.47 Å². The predicted octanol–water partition coefficient (Wildman–Crippen LogP) is 1.90. The largest absolute Gasteiger partial charge is 0.466 e. The molecule has 1 aromatic carbocycles. The fraction of sp³-hybridized carbons (Fsp3) is 0.619. The summed E-state index contributed by atoms with van der Waals surface area (Å²) in [7, 11) is -3.74. The second-order valence-electron chi connectivity index (χ2n) is 7.95. The highest BCUT2D eigenvalue weighted by atomic mass is 32.2. The molecule has 2 saturated heterocycles. The smallest absolute Gasteiger partial charge is 0.310 e. The highest BCUT2D eigenvalue weighted by Crippen LogP contribution is 2.24. The van der Waals surface area contributed by atoms with Crippen molar-refractivity contribution >= 4 is 21.9 Å². The molecule has 0 saturated carbocycles. The molecule has 0 radical (unpaired) electrons.